The van der Waals surface area contributed by atoms with Gasteiger partial charge >= 0.3 is 0 Å². The van der Waals surface area contributed by atoms with Crippen LogP contribution in [0.15, 0.2) is 24.3 Å². The average Bonchev–Trinajstić information content (AvgIpc) is 3.03. The Balaban J connectivity index is 1.32. The van der Waals surface area contributed by atoms with Crippen molar-refractivity contribution in [2.24, 2.45) is 0 Å². The molecule has 1 aromatic rings. The fourth-order valence-corrected chi connectivity index (χ4v) is 4.47. The molecule has 6 heteroatoms. The first-order valence-electron chi connectivity index (χ1n) is 10.2. The van der Waals surface area contributed by atoms with Crippen molar-refractivity contribution in [1.29, 1.82) is 0 Å². The fourth-order valence-electron chi connectivity index (χ4n) is 4.47. The third-order valence-electron chi connectivity index (χ3n) is 6.01. The Morgan fingerprint density at radius 1 is 1.11 bits per heavy atom. The molecule has 6 nitrogen and oxygen atoms in total. The number of hydrogen-bond donors (Lipinski definition) is 0. The lowest BCUT2D eigenvalue weighted by molar-refractivity contribution is -0.135. The summed E-state index contributed by atoms with van der Waals surface area (Å²) >= 11 is 0. The van der Waals surface area contributed by atoms with Gasteiger partial charge in [-0.2, -0.15) is 0 Å². The molecule has 0 bridgehead atoms. The van der Waals surface area contributed by atoms with Gasteiger partial charge in [0.05, 0.1) is 13.2 Å². The Hall–Kier alpha value is -1.92. The molecule has 2 amide bonds. The lowest BCUT2D eigenvalue weighted by atomic mass is 10.0. The van der Waals surface area contributed by atoms with E-state index in [9.17, 15) is 9.59 Å². The molecule has 0 unspecified atom stereocenters. The van der Waals surface area contributed by atoms with E-state index in [1.807, 2.05) is 29.2 Å². The molecule has 2 saturated heterocycles. The number of fused-ring (bicyclic) bond motifs is 1. The van der Waals surface area contributed by atoms with E-state index in [2.05, 4.69) is 9.80 Å². The monoisotopic (exact) mass is 371 g/mol. The van der Waals surface area contributed by atoms with Gasteiger partial charge in [0.1, 0.15) is 0 Å². The van der Waals surface area contributed by atoms with Gasteiger partial charge in [-0.15, -0.1) is 0 Å². The zero-order chi connectivity index (χ0) is 18.6. The van der Waals surface area contributed by atoms with Crippen LogP contribution in [0.2, 0.25) is 0 Å². The number of ether oxygens (including phenoxy) is 1. The van der Waals surface area contributed by atoms with E-state index in [0.717, 1.165) is 63.4 Å². The van der Waals surface area contributed by atoms with Crippen molar-refractivity contribution >= 4 is 11.8 Å². The molecule has 3 aliphatic heterocycles. The summed E-state index contributed by atoms with van der Waals surface area (Å²) in [6.07, 6.45) is 3.77. The quantitative estimate of drug-likeness (QED) is 0.791. The van der Waals surface area contributed by atoms with Gasteiger partial charge in [0.25, 0.3) is 5.91 Å². The summed E-state index contributed by atoms with van der Waals surface area (Å²) in [6, 6.07) is 8.04. The summed E-state index contributed by atoms with van der Waals surface area (Å²) in [5.74, 6) is 0.249. The first kappa shape index (κ1) is 18.4. The molecular weight excluding hydrogens is 342 g/mol. The van der Waals surface area contributed by atoms with E-state index in [0.29, 0.717) is 25.6 Å². The van der Waals surface area contributed by atoms with Gasteiger partial charge in [0.15, 0.2) is 0 Å². The van der Waals surface area contributed by atoms with Crippen molar-refractivity contribution in [2.75, 3.05) is 45.9 Å². The van der Waals surface area contributed by atoms with Gasteiger partial charge in [0.2, 0.25) is 5.91 Å². The van der Waals surface area contributed by atoms with Crippen molar-refractivity contribution in [3.05, 3.63) is 35.4 Å². The third kappa shape index (κ3) is 4.17. The predicted molar refractivity (Wildman–Crippen MR) is 102 cm³/mol. The molecule has 0 N–H and O–H groups in total. The number of morpholine rings is 1. The summed E-state index contributed by atoms with van der Waals surface area (Å²) in [6.45, 7) is 6.42. The Morgan fingerprint density at radius 2 is 1.93 bits per heavy atom. The Morgan fingerprint density at radius 3 is 2.74 bits per heavy atom. The number of carbonyl (C=O) groups excluding carboxylic acids is 2. The minimum Gasteiger partial charge on any atom is -0.379 e. The first-order chi connectivity index (χ1) is 13.2. The van der Waals surface area contributed by atoms with Gasteiger partial charge < -0.3 is 14.5 Å². The molecule has 1 aromatic carbocycles. The van der Waals surface area contributed by atoms with E-state index in [1.54, 1.807) is 0 Å². The molecule has 0 spiro atoms. The maximum atomic E-state index is 12.9. The summed E-state index contributed by atoms with van der Waals surface area (Å²) in [7, 11) is 0. The molecule has 3 heterocycles. The lowest BCUT2D eigenvalue weighted by Gasteiger charge is -2.40. The summed E-state index contributed by atoms with van der Waals surface area (Å²) in [5.41, 5.74) is 1.85. The minimum atomic E-state index is 0.0573. The van der Waals surface area contributed by atoms with Crippen LogP contribution < -0.4 is 0 Å². The van der Waals surface area contributed by atoms with Crippen LogP contribution in [0.25, 0.3) is 0 Å². The van der Waals surface area contributed by atoms with Crippen molar-refractivity contribution in [1.82, 2.24) is 14.7 Å². The topological polar surface area (TPSA) is 53.1 Å². The first-order valence-corrected chi connectivity index (χ1v) is 10.2. The standard InChI is InChI=1S/C21H29N3O3/c25-20(8-10-23-15-17-5-1-2-7-19(17)21(23)26)24-9-4-3-6-18(24)16-22-11-13-27-14-12-22/h1-2,5,7,18H,3-4,6,8-16H2/t18-/m0/s1. The van der Waals surface area contributed by atoms with Crippen LogP contribution in [-0.4, -0.2) is 78.5 Å². The molecule has 146 valence electrons. The molecular formula is C21H29N3O3. The second-order valence-electron chi connectivity index (χ2n) is 7.78. The van der Waals surface area contributed by atoms with Gasteiger partial charge in [-0.1, -0.05) is 18.2 Å². The van der Waals surface area contributed by atoms with E-state index in [-0.39, 0.29) is 11.8 Å². The number of piperidine rings is 1. The summed E-state index contributed by atoms with van der Waals surface area (Å²) < 4.78 is 5.44. The SMILES string of the molecule is O=C1c2ccccc2CN1CCC(=O)N1CCCC[C@H]1CN1CCOCC1. The highest BCUT2D eigenvalue weighted by atomic mass is 16.5. The molecule has 1 atom stereocenters. The number of nitrogens with zero attached hydrogens (tertiary/aromatic N) is 3. The zero-order valence-electron chi connectivity index (χ0n) is 15.9. The number of benzene rings is 1. The van der Waals surface area contributed by atoms with Crippen molar-refractivity contribution < 1.29 is 14.3 Å². The zero-order valence-corrected chi connectivity index (χ0v) is 15.9. The summed E-state index contributed by atoms with van der Waals surface area (Å²) in [5, 5.41) is 0. The van der Waals surface area contributed by atoms with Crippen LogP contribution in [0.5, 0.6) is 0 Å². The lowest BCUT2D eigenvalue weighted by Crippen LogP contribution is -2.51. The molecule has 2 fully saturated rings. The van der Waals surface area contributed by atoms with Crippen molar-refractivity contribution in [3.8, 4) is 0 Å². The van der Waals surface area contributed by atoms with E-state index in [4.69, 9.17) is 4.74 Å². The largest absolute Gasteiger partial charge is 0.379 e. The second kappa shape index (κ2) is 8.40. The highest BCUT2D eigenvalue weighted by Gasteiger charge is 2.31. The van der Waals surface area contributed by atoms with Crippen LogP contribution in [0.3, 0.4) is 0 Å². The van der Waals surface area contributed by atoms with E-state index in [1.165, 1.54) is 6.42 Å². The Labute approximate surface area is 161 Å². The van der Waals surface area contributed by atoms with Crippen molar-refractivity contribution in [2.45, 2.75) is 38.3 Å². The van der Waals surface area contributed by atoms with E-state index < -0.39 is 0 Å². The Bertz CT molecular complexity index is 687. The molecule has 27 heavy (non-hydrogen) atoms. The van der Waals surface area contributed by atoms with Crippen LogP contribution in [0, 0.1) is 0 Å². The minimum absolute atomic E-state index is 0.0573. The number of amides is 2. The summed E-state index contributed by atoms with van der Waals surface area (Å²) in [4.78, 5) is 31.7. The number of rotatable bonds is 5. The Kier molecular flexibility index (Phi) is 5.74. The van der Waals surface area contributed by atoms with Crippen LogP contribution in [-0.2, 0) is 16.1 Å². The molecule has 3 aliphatic rings. The highest BCUT2D eigenvalue weighted by molar-refractivity contribution is 5.98. The van der Waals surface area contributed by atoms with Crippen LogP contribution >= 0.6 is 0 Å². The molecule has 0 radical (unpaired) electrons. The van der Waals surface area contributed by atoms with Crippen molar-refractivity contribution in [3.63, 3.8) is 0 Å². The third-order valence-corrected chi connectivity index (χ3v) is 6.01. The second-order valence-corrected chi connectivity index (χ2v) is 7.78. The molecule has 0 aliphatic carbocycles. The number of carbonyl (C=O) groups is 2. The fraction of sp³-hybridized carbons (Fsp3) is 0.619. The van der Waals surface area contributed by atoms with E-state index >= 15 is 0 Å². The molecule has 4 rings (SSSR count). The van der Waals surface area contributed by atoms with Gasteiger partial charge in [-0.05, 0) is 30.9 Å². The number of hydrogen-bond acceptors (Lipinski definition) is 4. The normalized spacial score (nSPS) is 23.6. The molecule has 0 saturated carbocycles. The van der Waals surface area contributed by atoms with Gasteiger partial charge in [-0.3, -0.25) is 14.5 Å². The average molecular weight is 371 g/mol. The van der Waals surface area contributed by atoms with Gasteiger partial charge in [-0.25, -0.2) is 0 Å². The highest BCUT2D eigenvalue weighted by Crippen LogP contribution is 2.23. The smallest absolute Gasteiger partial charge is 0.254 e. The van der Waals surface area contributed by atoms with Crippen LogP contribution in [0.1, 0.15) is 41.6 Å². The van der Waals surface area contributed by atoms with Crippen LogP contribution in [0.4, 0.5) is 0 Å². The predicted octanol–water partition coefficient (Wildman–Crippen LogP) is 1.75. The number of likely N-dealkylation sites (tertiary alicyclic amines) is 1. The maximum absolute atomic E-state index is 12.9. The maximum Gasteiger partial charge on any atom is 0.254 e. The van der Waals surface area contributed by atoms with Gasteiger partial charge in [0, 0.05) is 57.3 Å². The molecule has 0 aromatic heterocycles.